The Bertz CT molecular complexity index is 917. The number of amides is 2. The molecule has 7 nitrogen and oxygen atoms in total. The second-order valence-corrected chi connectivity index (χ2v) is 5.98. The fraction of sp³-hybridized carbons (Fsp3) is 0.158. The quantitative estimate of drug-likeness (QED) is 0.833. The van der Waals surface area contributed by atoms with Crippen molar-refractivity contribution >= 4 is 23.4 Å². The van der Waals surface area contributed by atoms with E-state index in [1.165, 1.54) is 17.1 Å². The average Bonchev–Trinajstić information content (AvgIpc) is 3.01. The van der Waals surface area contributed by atoms with Crippen molar-refractivity contribution < 1.29 is 14.7 Å². The van der Waals surface area contributed by atoms with Gasteiger partial charge in [-0.3, -0.25) is 9.59 Å². The summed E-state index contributed by atoms with van der Waals surface area (Å²) in [5.41, 5.74) is 4.71. The van der Waals surface area contributed by atoms with Crippen LogP contribution in [0.1, 0.15) is 39.6 Å². The molecule has 132 valence electrons. The number of amidine groups is 1. The summed E-state index contributed by atoms with van der Waals surface area (Å²) in [6.07, 6.45) is 0.346. The number of benzene rings is 2. The summed E-state index contributed by atoms with van der Waals surface area (Å²) in [6.45, 7) is 3.72. The molecule has 0 atom stereocenters. The highest BCUT2D eigenvalue weighted by Gasteiger charge is 2.27. The Labute approximate surface area is 150 Å². The zero-order chi connectivity index (χ0) is 18.7. The van der Waals surface area contributed by atoms with Crippen molar-refractivity contribution in [3.63, 3.8) is 0 Å². The zero-order valence-corrected chi connectivity index (χ0v) is 14.4. The molecule has 3 rings (SSSR count). The van der Waals surface area contributed by atoms with E-state index in [1.807, 2.05) is 19.1 Å². The lowest BCUT2D eigenvalue weighted by Crippen LogP contribution is -2.31. The van der Waals surface area contributed by atoms with Crippen LogP contribution < -0.4 is 5.43 Å². The second-order valence-electron chi connectivity index (χ2n) is 5.98. The van der Waals surface area contributed by atoms with Crippen LogP contribution in [0.2, 0.25) is 0 Å². The minimum absolute atomic E-state index is 0.101. The van der Waals surface area contributed by atoms with E-state index in [-0.39, 0.29) is 17.2 Å². The standard InChI is InChI=1S/C19H18N4O3/c1-12-7-9-14(10-8-12)19(26)23-17(11-13(2)22-23)20-21-18(25)15-5-3-4-6-16(15)24/h3-10,24H,11H2,1-2H3,(H,21,25)/b20-17+. The van der Waals surface area contributed by atoms with Gasteiger partial charge in [-0.1, -0.05) is 29.8 Å². The molecule has 2 amide bonds. The molecule has 0 unspecified atom stereocenters. The van der Waals surface area contributed by atoms with E-state index in [4.69, 9.17) is 0 Å². The number of aromatic hydroxyl groups is 1. The van der Waals surface area contributed by atoms with E-state index >= 15 is 0 Å². The number of phenols is 1. The number of hydrazone groups is 2. The maximum Gasteiger partial charge on any atom is 0.279 e. The third-order valence-corrected chi connectivity index (χ3v) is 3.86. The third kappa shape index (κ3) is 3.61. The zero-order valence-electron chi connectivity index (χ0n) is 14.4. The fourth-order valence-electron chi connectivity index (χ4n) is 2.48. The average molecular weight is 350 g/mol. The monoisotopic (exact) mass is 350 g/mol. The number of phenolic OH excluding ortho intramolecular Hbond substituents is 1. The van der Waals surface area contributed by atoms with Crippen molar-refractivity contribution in [3.8, 4) is 5.75 Å². The molecule has 2 aromatic carbocycles. The summed E-state index contributed by atoms with van der Waals surface area (Å²) >= 11 is 0. The molecule has 1 heterocycles. The van der Waals surface area contributed by atoms with E-state index in [0.29, 0.717) is 23.5 Å². The Balaban J connectivity index is 1.79. The van der Waals surface area contributed by atoms with Crippen LogP contribution in [0.5, 0.6) is 5.75 Å². The first-order valence-corrected chi connectivity index (χ1v) is 8.06. The molecule has 0 fully saturated rings. The minimum atomic E-state index is -0.567. The Hall–Kier alpha value is -3.48. The maximum atomic E-state index is 12.7. The maximum absolute atomic E-state index is 12.7. The number of hydrogen-bond acceptors (Lipinski definition) is 5. The van der Waals surface area contributed by atoms with Gasteiger partial charge in [-0.15, -0.1) is 0 Å². The van der Waals surface area contributed by atoms with Crippen molar-refractivity contribution in [3.05, 3.63) is 65.2 Å². The van der Waals surface area contributed by atoms with Gasteiger partial charge in [0.15, 0.2) is 5.84 Å². The highest BCUT2D eigenvalue weighted by atomic mass is 16.3. The fourth-order valence-corrected chi connectivity index (χ4v) is 2.48. The number of rotatable bonds is 3. The van der Waals surface area contributed by atoms with Crippen LogP contribution in [-0.2, 0) is 0 Å². The Morgan fingerprint density at radius 2 is 1.81 bits per heavy atom. The summed E-state index contributed by atoms with van der Waals surface area (Å²) in [7, 11) is 0. The summed E-state index contributed by atoms with van der Waals surface area (Å²) in [5.74, 6) is -0.714. The molecular weight excluding hydrogens is 332 g/mol. The van der Waals surface area contributed by atoms with E-state index < -0.39 is 5.91 Å². The van der Waals surface area contributed by atoms with Gasteiger partial charge in [0.1, 0.15) is 5.75 Å². The first kappa shape index (κ1) is 17.3. The lowest BCUT2D eigenvalue weighted by atomic mass is 10.1. The van der Waals surface area contributed by atoms with Gasteiger partial charge in [0.25, 0.3) is 11.8 Å². The number of nitrogens with zero attached hydrogens (tertiary/aromatic N) is 3. The predicted octanol–water partition coefficient (Wildman–Crippen LogP) is 2.67. The van der Waals surface area contributed by atoms with Crippen molar-refractivity contribution in [2.75, 3.05) is 0 Å². The SMILES string of the molecule is CC1=NN(C(=O)c2ccc(C)cc2)/C(=N/NC(=O)c2ccccc2O)C1. The lowest BCUT2D eigenvalue weighted by Gasteiger charge is -2.13. The van der Waals surface area contributed by atoms with E-state index in [9.17, 15) is 14.7 Å². The molecule has 26 heavy (non-hydrogen) atoms. The second kappa shape index (κ2) is 7.18. The molecule has 2 N–H and O–H groups in total. The number of hydrogen-bond donors (Lipinski definition) is 2. The van der Waals surface area contributed by atoms with Crippen molar-refractivity contribution in [2.24, 2.45) is 10.2 Å². The highest BCUT2D eigenvalue weighted by molar-refractivity contribution is 6.16. The van der Waals surface area contributed by atoms with Crippen LogP contribution >= 0.6 is 0 Å². The first-order chi connectivity index (χ1) is 12.5. The van der Waals surface area contributed by atoms with Gasteiger partial charge in [0, 0.05) is 17.7 Å². The predicted molar refractivity (Wildman–Crippen MR) is 98.1 cm³/mol. The lowest BCUT2D eigenvalue weighted by molar-refractivity contribution is 0.0848. The Morgan fingerprint density at radius 1 is 1.12 bits per heavy atom. The van der Waals surface area contributed by atoms with Gasteiger partial charge < -0.3 is 5.11 Å². The molecule has 0 radical (unpaired) electrons. The van der Waals surface area contributed by atoms with Gasteiger partial charge in [-0.2, -0.15) is 15.2 Å². The van der Waals surface area contributed by atoms with E-state index in [2.05, 4.69) is 15.6 Å². The first-order valence-electron chi connectivity index (χ1n) is 8.06. The molecule has 0 saturated heterocycles. The van der Waals surface area contributed by atoms with Gasteiger partial charge in [-0.05, 0) is 38.1 Å². The molecule has 0 aromatic heterocycles. The largest absolute Gasteiger partial charge is 0.507 e. The Morgan fingerprint density at radius 3 is 2.50 bits per heavy atom. The van der Waals surface area contributed by atoms with Gasteiger partial charge in [-0.25, -0.2) is 5.43 Å². The molecule has 0 spiro atoms. The number of para-hydroxylation sites is 1. The summed E-state index contributed by atoms with van der Waals surface area (Å²) in [6, 6.07) is 13.3. The highest BCUT2D eigenvalue weighted by Crippen LogP contribution is 2.17. The Kier molecular flexibility index (Phi) is 4.79. The molecule has 0 bridgehead atoms. The van der Waals surface area contributed by atoms with Crippen molar-refractivity contribution in [1.82, 2.24) is 10.4 Å². The molecule has 2 aromatic rings. The number of aryl methyl sites for hydroxylation is 1. The van der Waals surface area contributed by atoms with Crippen LogP contribution in [0.25, 0.3) is 0 Å². The molecular formula is C19H18N4O3. The summed E-state index contributed by atoms with van der Waals surface area (Å²) in [5, 5.41) is 19.2. The number of nitrogens with one attached hydrogen (secondary N) is 1. The third-order valence-electron chi connectivity index (χ3n) is 3.86. The van der Waals surface area contributed by atoms with E-state index in [0.717, 1.165) is 5.56 Å². The minimum Gasteiger partial charge on any atom is -0.507 e. The van der Waals surface area contributed by atoms with Crippen molar-refractivity contribution in [2.45, 2.75) is 20.3 Å². The van der Waals surface area contributed by atoms with E-state index in [1.54, 1.807) is 31.2 Å². The summed E-state index contributed by atoms with van der Waals surface area (Å²) < 4.78 is 0. The molecule has 0 saturated carbocycles. The van der Waals surface area contributed by atoms with Crippen LogP contribution in [0, 0.1) is 6.92 Å². The molecule has 7 heteroatoms. The summed E-state index contributed by atoms with van der Waals surface area (Å²) in [4.78, 5) is 24.8. The number of carbonyl (C=O) groups is 2. The van der Waals surface area contributed by atoms with Gasteiger partial charge in [0.2, 0.25) is 0 Å². The smallest absolute Gasteiger partial charge is 0.279 e. The van der Waals surface area contributed by atoms with Crippen LogP contribution in [0.15, 0.2) is 58.7 Å². The van der Waals surface area contributed by atoms with Gasteiger partial charge >= 0.3 is 0 Å². The van der Waals surface area contributed by atoms with Crippen LogP contribution in [0.3, 0.4) is 0 Å². The van der Waals surface area contributed by atoms with Crippen molar-refractivity contribution in [1.29, 1.82) is 0 Å². The molecule has 0 aliphatic carbocycles. The molecule has 1 aliphatic rings. The van der Waals surface area contributed by atoms with Crippen LogP contribution in [-0.4, -0.2) is 33.5 Å². The van der Waals surface area contributed by atoms with Crippen LogP contribution in [0.4, 0.5) is 0 Å². The topological polar surface area (TPSA) is 94.4 Å². The normalized spacial score (nSPS) is 15.1. The number of carbonyl (C=O) groups excluding carboxylic acids is 2. The molecule has 1 aliphatic heterocycles. The van der Waals surface area contributed by atoms with Gasteiger partial charge in [0.05, 0.1) is 5.56 Å².